The van der Waals surface area contributed by atoms with E-state index in [-0.39, 0.29) is 5.91 Å². The number of benzene rings is 1. The Morgan fingerprint density at radius 1 is 1.41 bits per heavy atom. The zero-order valence-electron chi connectivity index (χ0n) is 10.6. The SMILES string of the molecule is COc1cc(O[C@@H](C)C(=O)N(C)C)ccc1N. The van der Waals surface area contributed by atoms with E-state index in [1.807, 2.05) is 0 Å². The first-order valence-electron chi connectivity index (χ1n) is 5.27. The number of ether oxygens (including phenoxy) is 2. The molecule has 0 unspecified atom stereocenters. The highest BCUT2D eigenvalue weighted by Crippen LogP contribution is 2.27. The van der Waals surface area contributed by atoms with E-state index in [9.17, 15) is 4.79 Å². The Labute approximate surface area is 101 Å². The molecule has 17 heavy (non-hydrogen) atoms. The predicted molar refractivity (Wildman–Crippen MR) is 66.2 cm³/mol. The molecule has 5 heteroatoms. The Hall–Kier alpha value is -1.91. The van der Waals surface area contributed by atoms with E-state index in [0.717, 1.165) is 0 Å². The van der Waals surface area contributed by atoms with E-state index < -0.39 is 6.10 Å². The van der Waals surface area contributed by atoms with E-state index in [0.29, 0.717) is 17.2 Å². The number of amides is 1. The highest BCUT2D eigenvalue weighted by atomic mass is 16.5. The van der Waals surface area contributed by atoms with Gasteiger partial charge in [0.15, 0.2) is 6.10 Å². The molecule has 0 saturated heterocycles. The summed E-state index contributed by atoms with van der Waals surface area (Å²) in [5, 5.41) is 0. The van der Waals surface area contributed by atoms with Crippen LogP contribution in [-0.2, 0) is 4.79 Å². The summed E-state index contributed by atoms with van der Waals surface area (Å²) in [6, 6.07) is 5.05. The number of rotatable bonds is 4. The molecule has 0 bridgehead atoms. The van der Waals surface area contributed by atoms with Gasteiger partial charge in [-0.3, -0.25) is 4.79 Å². The summed E-state index contributed by atoms with van der Waals surface area (Å²) in [6.45, 7) is 1.70. The van der Waals surface area contributed by atoms with Gasteiger partial charge < -0.3 is 20.1 Å². The molecule has 0 radical (unpaired) electrons. The molecule has 0 heterocycles. The third-order valence-corrected chi connectivity index (χ3v) is 2.31. The third-order valence-electron chi connectivity index (χ3n) is 2.31. The molecular weight excluding hydrogens is 220 g/mol. The quantitative estimate of drug-likeness (QED) is 0.799. The first-order valence-corrected chi connectivity index (χ1v) is 5.27. The molecule has 0 spiro atoms. The van der Waals surface area contributed by atoms with Crippen LogP contribution in [0.5, 0.6) is 11.5 Å². The molecule has 1 amide bonds. The maximum atomic E-state index is 11.6. The molecule has 5 nitrogen and oxygen atoms in total. The lowest BCUT2D eigenvalue weighted by Crippen LogP contribution is -2.35. The van der Waals surface area contributed by atoms with Crippen LogP contribution in [0.4, 0.5) is 5.69 Å². The molecule has 0 aromatic heterocycles. The lowest BCUT2D eigenvalue weighted by Gasteiger charge is -2.18. The van der Waals surface area contributed by atoms with Crippen molar-refractivity contribution < 1.29 is 14.3 Å². The molecule has 1 aromatic carbocycles. The lowest BCUT2D eigenvalue weighted by molar-refractivity contribution is -0.135. The van der Waals surface area contributed by atoms with Crippen LogP contribution in [0.3, 0.4) is 0 Å². The van der Waals surface area contributed by atoms with E-state index in [1.165, 1.54) is 12.0 Å². The van der Waals surface area contributed by atoms with Crippen LogP contribution < -0.4 is 15.2 Å². The van der Waals surface area contributed by atoms with Crippen LogP contribution >= 0.6 is 0 Å². The van der Waals surface area contributed by atoms with Crippen LogP contribution in [-0.4, -0.2) is 38.1 Å². The van der Waals surface area contributed by atoms with Crippen molar-refractivity contribution in [2.45, 2.75) is 13.0 Å². The zero-order valence-corrected chi connectivity index (χ0v) is 10.6. The molecule has 0 saturated carbocycles. The topological polar surface area (TPSA) is 64.8 Å². The number of anilines is 1. The number of nitrogens with two attached hydrogens (primary N) is 1. The number of carbonyl (C=O) groups is 1. The highest BCUT2D eigenvalue weighted by molar-refractivity contribution is 5.80. The van der Waals surface area contributed by atoms with Gasteiger partial charge in [-0.05, 0) is 19.1 Å². The molecule has 1 rings (SSSR count). The molecule has 94 valence electrons. The summed E-state index contributed by atoms with van der Waals surface area (Å²) in [7, 11) is 4.90. The number of nitrogens with zero attached hydrogens (tertiary/aromatic N) is 1. The molecular formula is C12H18N2O3. The summed E-state index contributed by atoms with van der Waals surface area (Å²) in [6.07, 6.45) is -0.543. The van der Waals surface area contributed by atoms with Crippen molar-refractivity contribution >= 4 is 11.6 Å². The maximum Gasteiger partial charge on any atom is 0.262 e. The van der Waals surface area contributed by atoms with Crippen molar-refractivity contribution in [3.05, 3.63) is 18.2 Å². The van der Waals surface area contributed by atoms with Gasteiger partial charge in [0.05, 0.1) is 12.8 Å². The number of likely N-dealkylation sites (N-methyl/N-ethyl adjacent to an activating group) is 1. The minimum absolute atomic E-state index is 0.0965. The minimum Gasteiger partial charge on any atom is -0.494 e. The summed E-state index contributed by atoms with van der Waals surface area (Å²) >= 11 is 0. The lowest BCUT2D eigenvalue weighted by atomic mass is 10.2. The van der Waals surface area contributed by atoms with E-state index in [2.05, 4.69) is 0 Å². The van der Waals surface area contributed by atoms with Crippen molar-refractivity contribution in [2.24, 2.45) is 0 Å². The fraction of sp³-hybridized carbons (Fsp3) is 0.417. The van der Waals surface area contributed by atoms with Crippen molar-refractivity contribution in [3.63, 3.8) is 0 Å². The van der Waals surface area contributed by atoms with Crippen molar-refractivity contribution in [1.82, 2.24) is 4.90 Å². The summed E-state index contributed by atoms with van der Waals surface area (Å²) in [5.74, 6) is 0.992. The van der Waals surface area contributed by atoms with E-state index in [4.69, 9.17) is 15.2 Å². The summed E-state index contributed by atoms with van der Waals surface area (Å²) < 4.78 is 10.6. The molecule has 0 aliphatic rings. The van der Waals surface area contributed by atoms with Crippen molar-refractivity contribution in [3.8, 4) is 11.5 Å². The van der Waals surface area contributed by atoms with E-state index >= 15 is 0 Å². The van der Waals surface area contributed by atoms with Crippen molar-refractivity contribution in [1.29, 1.82) is 0 Å². The fourth-order valence-corrected chi connectivity index (χ4v) is 1.38. The molecule has 1 aromatic rings. The van der Waals surface area contributed by atoms with Gasteiger partial charge in [0.1, 0.15) is 11.5 Å². The first-order chi connectivity index (χ1) is 7.95. The highest BCUT2D eigenvalue weighted by Gasteiger charge is 2.16. The second-order valence-corrected chi connectivity index (χ2v) is 3.90. The van der Waals surface area contributed by atoms with Crippen molar-refractivity contribution in [2.75, 3.05) is 26.9 Å². The average molecular weight is 238 g/mol. The number of carbonyl (C=O) groups excluding carboxylic acids is 1. The van der Waals surface area contributed by atoms with Crippen LogP contribution in [0, 0.1) is 0 Å². The van der Waals surface area contributed by atoms with Crippen LogP contribution in [0.25, 0.3) is 0 Å². The molecule has 0 aliphatic heterocycles. The molecule has 0 fully saturated rings. The third kappa shape index (κ3) is 3.27. The monoisotopic (exact) mass is 238 g/mol. The van der Waals surface area contributed by atoms with Gasteiger partial charge >= 0.3 is 0 Å². The first kappa shape index (κ1) is 13.2. The summed E-state index contributed by atoms with van der Waals surface area (Å²) in [4.78, 5) is 13.1. The number of hydrogen-bond donors (Lipinski definition) is 1. The molecule has 2 N–H and O–H groups in total. The Kier molecular flexibility index (Phi) is 4.20. The van der Waals surface area contributed by atoms with Crippen LogP contribution in [0.1, 0.15) is 6.92 Å². The maximum absolute atomic E-state index is 11.6. The second-order valence-electron chi connectivity index (χ2n) is 3.90. The second kappa shape index (κ2) is 5.43. The summed E-state index contributed by atoms with van der Waals surface area (Å²) in [5.41, 5.74) is 6.22. The predicted octanol–water partition coefficient (Wildman–Crippen LogP) is 1.13. The number of nitrogen functional groups attached to an aromatic ring is 1. The smallest absolute Gasteiger partial charge is 0.262 e. The number of methoxy groups -OCH3 is 1. The Morgan fingerprint density at radius 3 is 2.59 bits per heavy atom. The van der Waals surface area contributed by atoms with Gasteiger partial charge in [-0.15, -0.1) is 0 Å². The Bertz CT molecular complexity index is 405. The number of hydrogen-bond acceptors (Lipinski definition) is 4. The minimum atomic E-state index is -0.543. The van der Waals surface area contributed by atoms with Gasteiger partial charge in [0, 0.05) is 20.2 Å². The largest absolute Gasteiger partial charge is 0.494 e. The van der Waals surface area contributed by atoms with Gasteiger partial charge in [0.25, 0.3) is 5.91 Å². The fourth-order valence-electron chi connectivity index (χ4n) is 1.38. The van der Waals surface area contributed by atoms with Gasteiger partial charge in [0.2, 0.25) is 0 Å². The van der Waals surface area contributed by atoms with Gasteiger partial charge in [-0.1, -0.05) is 0 Å². The van der Waals surface area contributed by atoms with Crippen LogP contribution in [0.2, 0.25) is 0 Å². The Balaban J connectivity index is 2.78. The molecule has 0 aliphatic carbocycles. The standard InChI is InChI=1S/C12H18N2O3/c1-8(12(15)14(2)3)17-9-5-6-10(13)11(7-9)16-4/h5-8H,13H2,1-4H3/t8-/m0/s1. The normalized spacial score (nSPS) is 11.8. The average Bonchev–Trinajstić information content (AvgIpc) is 2.30. The van der Waals surface area contributed by atoms with Gasteiger partial charge in [-0.2, -0.15) is 0 Å². The molecule has 1 atom stereocenters. The Morgan fingerprint density at radius 2 is 2.06 bits per heavy atom. The van der Waals surface area contributed by atoms with Gasteiger partial charge in [-0.25, -0.2) is 0 Å². The zero-order chi connectivity index (χ0) is 13.0. The van der Waals surface area contributed by atoms with Crippen LogP contribution in [0.15, 0.2) is 18.2 Å². The van der Waals surface area contributed by atoms with E-state index in [1.54, 1.807) is 39.2 Å².